The summed E-state index contributed by atoms with van der Waals surface area (Å²) in [4.78, 5) is 77.5. The Bertz CT molecular complexity index is 1160. The van der Waals surface area contributed by atoms with Crippen LogP contribution in [0.2, 0.25) is 0 Å². The average Bonchev–Trinajstić information content (AvgIpc) is 2.94. The lowest BCUT2D eigenvalue weighted by atomic mass is 10.0. The summed E-state index contributed by atoms with van der Waals surface area (Å²) in [5, 5.41) is 33.5. The number of aliphatic hydroxyl groups excluding tert-OH is 1. The summed E-state index contributed by atoms with van der Waals surface area (Å²) in [5.41, 5.74) is 21.2. The molecule has 2 rings (SSSR count). The molecule has 18 nitrogen and oxygen atoms in total. The number of nitrogens with two attached hydrogens (primary N) is 4. The van der Waals surface area contributed by atoms with Crippen LogP contribution in [0.1, 0.15) is 39.0 Å². The lowest BCUT2D eigenvalue weighted by molar-refractivity contribution is -0.155. The van der Waals surface area contributed by atoms with Crippen LogP contribution in [0.5, 0.6) is 0 Å². The number of thioether (sulfide) groups is 1. The summed E-state index contributed by atoms with van der Waals surface area (Å²) >= 11 is 1.14. The topological polar surface area (TPSA) is 316 Å². The molecule has 0 aliphatic carbocycles. The van der Waals surface area contributed by atoms with E-state index >= 15 is 0 Å². The van der Waals surface area contributed by atoms with E-state index in [0.717, 1.165) is 16.7 Å². The van der Waals surface area contributed by atoms with Crippen LogP contribution < -0.4 is 33.6 Å². The minimum absolute atomic E-state index is 0.0304. The van der Waals surface area contributed by atoms with Crippen molar-refractivity contribution in [1.82, 2.24) is 15.5 Å². The number of carbonyl (C=O) groups excluding carboxylic acids is 4. The molecule has 2 aliphatic rings. The van der Waals surface area contributed by atoms with E-state index in [-0.39, 0.29) is 55.9 Å². The highest BCUT2D eigenvalue weighted by Crippen LogP contribution is 2.40. The maximum atomic E-state index is 12.8. The third-order valence-corrected chi connectivity index (χ3v) is 7.86. The van der Waals surface area contributed by atoms with E-state index < -0.39 is 83.6 Å². The fraction of sp³-hybridized carbons (Fsp3) is 0.625. The minimum atomic E-state index is -1.84. The predicted molar refractivity (Wildman–Crippen MR) is 152 cm³/mol. The van der Waals surface area contributed by atoms with Gasteiger partial charge in [0, 0.05) is 24.3 Å². The average molecular weight is 631 g/mol. The molecule has 6 atom stereocenters. The van der Waals surface area contributed by atoms with Gasteiger partial charge in [-0.05, 0) is 32.6 Å². The monoisotopic (exact) mass is 630 g/mol. The smallest absolute Gasteiger partial charge is 0.352 e. The van der Waals surface area contributed by atoms with Gasteiger partial charge in [-0.15, -0.1) is 11.8 Å². The quantitative estimate of drug-likeness (QED) is 0.0244. The SMILES string of the molecule is C[C@H](N)C(=O)N[C@@H](CCCN=C(N)N)[C@@H](O)C(=O)OCC1=C(C(=O)O)N2C(=O)[C@@H](NC(=O)CCC[C@@H](N)C(=O)O)[C@H]2SC1. The molecule has 3 amide bonds. The first kappa shape index (κ1) is 35.3. The third-order valence-electron chi connectivity index (χ3n) is 6.52. The molecular formula is C24H38N8O10S. The fourth-order valence-corrected chi connectivity index (χ4v) is 5.52. The second-order valence-electron chi connectivity index (χ2n) is 9.95. The van der Waals surface area contributed by atoms with Gasteiger partial charge in [-0.3, -0.25) is 29.1 Å². The zero-order chi connectivity index (χ0) is 32.4. The summed E-state index contributed by atoms with van der Waals surface area (Å²) in [6.07, 6.45) is -1.32. The number of hydrogen-bond donors (Lipinski definition) is 9. The van der Waals surface area contributed by atoms with Gasteiger partial charge in [-0.1, -0.05) is 0 Å². The van der Waals surface area contributed by atoms with Crippen molar-refractivity contribution >= 4 is 53.4 Å². The highest BCUT2D eigenvalue weighted by Gasteiger charge is 2.54. The van der Waals surface area contributed by atoms with Crippen molar-refractivity contribution in [3.8, 4) is 0 Å². The Hall–Kier alpha value is -3.94. The number of aliphatic hydroxyl groups is 1. The van der Waals surface area contributed by atoms with Crippen molar-refractivity contribution in [3.63, 3.8) is 0 Å². The number of rotatable bonds is 17. The van der Waals surface area contributed by atoms with Crippen molar-refractivity contribution < 1.29 is 48.8 Å². The minimum Gasteiger partial charge on any atom is -0.480 e. The number of carbonyl (C=O) groups is 6. The van der Waals surface area contributed by atoms with Crippen molar-refractivity contribution in [2.24, 2.45) is 27.9 Å². The summed E-state index contributed by atoms with van der Waals surface area (Å²) in [6, 6.07) is -4.16. The summed E-state index contributed by atoms with van der Waals surface area (Å²) in [5.74, 6) is -5.76. The van der Waals surface area contributed by atoms with E-state index in [1.165, 1.54) is 6.92 Å². The van der Waals surface area contributed by atoms with Crippen LogP contribution >= 0.6 is 11.8 Å². The van der Waals surface area contributed by atoms with Crippen LogP contribution in [0.15, 0.2) is 16.3 Å². The maximum absolute atomic E-state index is 12.8. The first-order valence-corrected chi connectivity index (χ1v) is 14.3. The molecule has 0 aromatic rings. The molecule has 0 unspecified atom stereocenters. The number of nitrogens with zero attached hydrogens (tertiary/aromatic N) is 2. The second-order valence-corrected chi connectivity index (χ2v) is 11.1. The van der Waals surface area contributed by atoms with Gasteiger partial charge in [-0.2, -0.15) is 0 Å². The molecule has 0 saturated carbocycles. The molecule has 0 radical (unpaired) electrons. The van der Waals surface area contributed by atoms with Gasteiger partial charge in [0.1, 0.15) is 29.8 Å². The molecule has 240 valence electrons. The summed E-state index contributed by atoms with van der Waals surface area (Å²) in [7, 11) is 0. The van der Waals surface area contributed by atoms with Gasteiger partial charge in [0.05, 0.1) is 12.1 Å². The van der Waals surface area contributed by atoms with Crippen LogP contribution in [0.3, 0.4) is 0 Å². The Morgan fingerprint density at radius 2 is 1.81 bits per heavy atom. The molecule has 1 saturated heterocycles. The molecule has 2 aliphatic heterocycles. The molecule has 0 aromatic carbocycles. The van der Waals surface area contributed by atoms with E-state index in [9.17, 15) is 39.0 Å². The number of amides is 3. The van der Waals surface area contributed by atoms with Gasteiger partial charge in [0.15, 0.2) is 12.1 Å². The zero-order valence-corrected chi connectivity index (χ0v) is 24.2. The van der Waals surface area contributed by atoms with Crippen LogP contribution in [0, 0.1) is 0 Å². The number of aliphatic carboxylic acids is 2. The Labute approximate surface area is 250 Å². The first-order chi connectivity index (χ1) is 20.1. The number of ether oxygens (including phenoxy) is 1. The van der Waals surface area contributed by atoms with E-state index in [1.807, 2.05) is 0 Å². The molecule has 19 heteroatoms. The number of carboxylic acid groups (broad SMARTS) is 2. The Morgan fingerprint density at radius 1 is 1.14 bits per heavy atom. The number of esters is 1. The van der Waals surface area contributed by atoms with Crippen LogP contribution in [-0.4, -0.2) is 116 Å². The summed E-state index contributed by atoms with van der Waals surface area (Å²) < 4.78 is 5.17. The van der Waals surface area contributed by atoms with Crippen molar-refractivity contribution in [1.29, 1.82) is 0 Å². The van der Waals surface area contributed by atoms with Crippen molar-refractivity contribution in [3.05, 3.63) is 11.3 Å². The van der Waals surface area contributed by atoms with Gasteiger partial charge in [0.25, 0.3) is 5.91 Å². The Morgan fingerprint density at radius 3 is 2.40 bits per heavy atom. The van der Waals surface area contributed by atoms with Gasteiger partial charge < -0.3 is 53.6 Å². The third kappa shape index (κ3) is 9.80. The Balaban J connectivity index is 2.03. The zero-order valence-electron chi connectivity index (χ0n) is 23.4. The molecule has 13 N–H and O–H groups in total. The predicted octanol–water partition coefficient (Wildman–Crippen LogP) is -3.90. The van der Waals surface area contributed by atoms with E-state index in [1.54, 1.807) is 0 Å². The molecular weight excluding hydrogens is 592 g/mol. The molecule has 1 fully saturated rings. The van der Waals surface area contributed by atoms with Crippen molar-refractivity contribution in [2.45, 2.75) is 74.7 Å². The maximum Gasteiger partial charge on any atom is 0.352 e. The number of carboxylic acids is 2. The highest BCUT2D eigenvalue weighted by atomic mass is 32.2. The normalized spacial score (nSPS) is 20.5. The van der Waals surface area contributed by atoms with Gasteiger partial charge in [-0.25, -0.2) is 9.59 Å². The standard InChI is InChI=1S/C24H38N8O10S/c1-10(25)18(35)30-13(5-3-7-29-24(27)28)17(34)23(41)42-8-11-9-43-20-15(19(36)32(20)16(11)22(39)40)31-14(33)6-2-4-12(26)21(37)38/h10,12-13,15,17,20,34H,2-9,25-26H2,1H3,(H,30,35)(H,31,33)(H,37,38)(H,39,40)(H4,27,28,29)/t10-,12+,13-,15+,17+,20+/m0/s1. The van der Waals surface area contributed by atoms with E-state index in [2.05, 4.69) is 15.6 Å². The van der Waals surface area contributed by atoms with E-state index in [0.29, 0.717) is 0 Å². The molecule has 43 heavy (non-hydrogen) atoms. The Kier molecular flexibility index (Phi) is 13.2. The lowest BCUT2D eigenvalue weighted by Gasteiger charge is -2.49. The van der Waals surface area contributed by atoms with E-state index in [4.69, 9.17) is 32.8 Å². The van der Waals surface area contributed by atoms with Gasteiger partial charge >= 0.3 is 17.9 Å². The van der Waals surface area contributed by atoms with Gasteiger partial charge in [0.2, 0.25) is 11.8 Å². The molecule has 0 spiro atoms. The van der Waals surface area contributed by atoms with Crippen LogP contribution in [-0.2, 0) is 33.5 Å². The second kappa shape index (κ2) is 16.1. The number of guanidine groups is 1. The van der Waals surface area contributed by atoms with Crippen LogP contribution in [0.25, 0.3) is 0 Å². The van der Waals surface area contributed by atoms with Crippen molar-refractivity contribution in [2.75, 3.05) is 18.9 Å². The largest absolute Gasteiger partial charge is 0.480 e. The lowest BCUT2D eigenvalue weighted by Crippen LogP contribution is -2.70. The number of aliphatic imine (C=N–C) groups is 1. The molecule has 0 aromatic heterocycles. The molecule has 0 bridgehead atoms. The first-order valence-electron chi connectivity index (χ1n) is 13.3. The summed E-state index contributed by atoms with van der Waals surface area (Å²) in [6.45, 7) is 1.01. The fourth-order valence-electron chi connectivity index (χ4n) is 4.20. The van der Waals surface area contributed by atoms with Crippen LogP contribution in [0.4, 0.5) is 0 Å². The number of nitrogens with one attached hydrogen (secondary N) is 2. The molecule has 2 heterocycles. The highest BCUT2D eigenvalue weighted by molar-refractivity contribution is 8.00. The number of β-lactam (4-membered cyclic amide) rings is 1. The number of hydrogen-bond acceptors (Lipinski definition) is 12. The number of fused-ring (bicyclic) bond motifs is 1.